The molecular weight excluding hydrogens is 368 g/mol. The molecule has 150 valence electrons. The number of nitrogens with zero attached hydrogens (tertiary/aromatic N) is 4. The molecule has 3 heterocycles. The SMILES string of the molecule is COc1cccc(Cc2cnc([C@@]3(C)CCCN(C(=O)c4cnccn4)C3)o2)c1. The molecule has 7 nitrogen and oxygen atoms in total. The first-order valence-corrected chi connectivity index (χ1v) is 9.71. The number of hydrogen-bond donors (Lipinski definition) is 0. The fraction of sp³-hybridized carbons (Fsp3) is 0.364. The second-order valence-corrected chi connectivity index (χ2v) is 7.64. The van der Waals surface area contributed by atoms with E-state index in [9.17, 15) is 4.79 Å². The highest BCUT2D eigenvalue weighted by atomic mass is 16.5. The molecule has 4 rings (SSSR count). The molecule has 0 radical (unpaired) electrons. The molecular formula is C22H24N4O3. The second-order valence-electron chi connectivity index (χ2n) is 7.64. The van der Waals surface area contributed by atoms with Crippen LogP contribution < -0.4 is 4.74 Å². The number of rotatable bonds is 5. The Kier molecular flexibility index (Phi) is 5.29. The molecule has 7 heteroatoms. The number of carbonyl (C=O) groups excluding carboxylic acids is 1. The van der Waals surface area contributed by atoms with E-state index in [0.29, 0.717) is 31.1 Å². The molecule has 1 fully saturated rings. The van der Waals surface area contributed by atoms with Gasteiger partial charge in [0.15, 0.2) is 0 Å². The van der Waals surface area contributed by atoms with Crippen LogP contribution in [0.5, 0.6) is 5.75 Å². The minimum Gasteiger partial charge on any atom is -0.497 e. The van der Waals surface area contributed by atoms with Crippen LogP contribution in [0.15, 0.2) is 53.5 Å². The quantitative estimate of drug-likeness (QED) is 0.663. The van der Waals surface area contributed by atoms with Gasteiger partial charge in [-0.1, -0.05) is 12.1 Å². The van der Waals surface area contributed by atoms with Crippen molar-refractivity contribution in [1.29, 1.82) is 0 Å². The van der Waals surface area contributed by atoms with E-state index in [1.807, 2.05) is 29.2 Å². The predicted molar refractivity (Wildman–Crippen MR) is 107 cm³/mol. The van der Waals surface area contributed by atoms with Gasteiger partial charge in [-0.2, -0.15) is 0 Å². The maximum Gasteiger partial charge on any atom is 0.274 e. The van der Waals surface area contributed by atoms with E-state index < -0.39 is 0 Å². The summed E-state index contributed by atoms with van der Waals surface area (Å²) in [4.78, 5) is 27.3. The summed E-state index contributed by atoms with van der Waals surface area (Å²) in [7, 11) is 1.66. The largest absolute Gasteiger partial charge is 0.497 e. The number of aromatic nitrogens is 3. The van der Waals surface area contributed by atoms with E-state index in [2.05, 4.69) is 21.9 Å². The predicted octanol–water partition coefficient (Wildman–Crippen LogP) is 3.26. The van der Waals surface area contributed by atoms with Crippen LogP contribution in [0.4, 0.5) is 0 Å². The molecule has 0 spiro atoms. The smallest absolute Gasteiger partial charge is 0.274 e. The third kappa shape index (κ3) is 4.13. The Hall–Kier alpha value is -3.22. The second kappa shape index (κ2) is 8.03. The van der Waals surface area contributed by atoms with Crippen molar-refractivity contribution in [3.05, 3.63) is 72.0 Å². The number of ether oxygens (including phenoxy) is 1. The zero-order valence-corrected chi connectivity index (χ0v) is 16.7. The fourth-order valence-electron chi connectivity index (χ4n) is 3.81. The van der Waals surface area contributed by atoms with Gasteiger partial charge in [-0.05, 0) is 37.5 Å². The first-order chi connectivity index (χ1) is 14.1. The lowest BCUT2D eigenvalue weighted by Gasteiger charge is -2.38. The van der Waals surface area contributed by atoms with Crippen molar-refractivity contribution in [3.8, 4) is 5.75 Å². The van der Waals surface area contributed by atoms with Gasteiger partial charge in [-0.3, -0.25) is 9.78 Å². The number of amides is 1. The van der Waals surface area contributed by atoms with Gasteiger partial charge in [0.25, 0.3) is 5.91 Å². The topological polar surface area (TPSA) is 81.4 Å². The average molecular weight is 392 g/mol. The molecule has 29 heavy (non-hydrogen) atoms. The molecule has 0 aliphatic carbocycles. The maximum absolute atomic E-state index is 12.8. The number of hydrogen-bond acceptors (Lipinski definition) is 6. The molecule has 1 amide bonds. The summed E-state index contributed by atoms with van der Waals surface area (Å²) in [5.41, 5.74) is 1.13. The molecule has 1 atom stereocenters. The molecule has 0 saturated carbocycles. The fourth-order valence-corrected chi connectivity index (χ4v) is 3.81. The lowest BCUT2D eigenvalue weighted by molar-refractivity contribution is 0.0619. The lowest BCUT2D eigenvalue weighted by atomic mass is 9.81. The zero-order valence-electron chi connectivity index (χ0n) is 16.7. The Morgan fingerprint density at radius 3 is 2.97 bits per heavy atom. The maximum atomic E-state index is 12.8. The molecule has 3 aromatic rings. The van der Waals surface area contributed by atoms with Gasteiger partial charge >= 0.3 is 0 Å². The Labute approximate surface area is 169 Å². The van der Waals surface area contributed by atoms with Gasteiger partial charge in [0.05, 0.1) is 24.9 Å². The summed E-state index contributed by atoms with van der Waals surface area (Å²) in [5, 5.41) is 0. The zero-order chi connectivity index (χ0) is 20.3. The lowest BCUT2D eigenvalue weighted by Crippen LogP contribution is -2.47. The van der Waals surface area contributed by atoms with Crippen LogP contribution in [0.3, 0.4) is 0 Å². The van der Waals surface area contributed by atoms with E-state index in [0.717, 1.165) is 29.9 Å². The summed E-state index contributed by atoms with van der Waals surface area (Å²) >= 11 is 0. The van der Waals surface area contributed by atoms with Gasteiger partial charge in [-0.25, -0.2) is 9.97 Å². The van der Waals surface area contributed by atoms with E-state index >= 15 is 0 Å². The van der Waals surface area contributed by atoms with Crippen molar-refractivity contribution in [2.75, 3.05) is 20.2 Å². The Morgan fingerprint density at radius 1 is 1.28 bits per heavy atom. The van der Waals surface area contributed by atoms with Crippen molar-refractivity contribution in [3.63, 3.8) is 0 Å². The molecule has 0 unspecified atom stereocenters. The monoisotopic (exact) mass is 392 g/mol. The van der Waals surface area contributed by atoms with Crippen LogP contribution in [-0.2, 0) is 11.8 Å². The highest BCUT2D eigenvalue weighted by Crippen LogP contribution is 2.34. The molecule has 1 aromatic carbocycles. The summed E-state index contributed by atoms with van der Waals surface area (Å²) in [5.74, 6) is 2.19. The number of methoxy groups -OCH3 is 1. The summed E-state index contributed by atoms with van der Waals surface area (Å²) < 4.78 is 11.4. The Bertz CT molecular complexity index is 988. The normalized spacial score (nSPS) is 19.2. The van der Waals surface area contributed by atoms with Crippen molar-refractivity contribution in [2.24, 2.45) is 0 Å². The van der Waals surface area contributed by atoms with Crippen molar-refractivity contribution < 1.29 is 13.9 Å². The highest BCUT2D eigenvalue weighted by Gasteiger charge is 2.39. The number of oxazole rings is 1. The van der Waals surface area contributed by atoms with Crippen LogP contribution in [-0.4, -0.2) is 46.0 Å². The van der Waals surface area contributed by atoms with Crippen molar-refractivity contribution in [1.82, 2.24) is 19.9 Å². The Balaban J connectivity index is 1.49. The van der Waals surface area contributed by atoms with Gasteiger partial charge in [0, 0.05) is 31.9 Å². The molecule has 1 saturated heterocycles. The third-order valence-electron chi connectivity index (χ3n) is 5.35. The van der Waals surface area contributed by atoms with E-state index in [4.69, 9.17) is 9.15 Å². The number of piperidine rings is 1. The molecule has 0 bridgehead atoms. The molecule has 2 aromatic heterocycles. The van der Waals surface area contributed by atoms with Crippen molar-refractivity contribution in [2.45, 2.75) is 31.6 Å². The standard InChI is InChI=1S/C22H24N4O3/c1-22(7-4-10-26(15-22)20(27)19-14-23-8-9-24-19)21-25-13-18(29-21)12-16-5-3-6-17(11-16)28-2/h3,5-6,8-9,11,13-14H,4,7,10,12,15H2,1-2H3/t22-/m0/s1. The Morgan fingerprint density at radius 2 is 2.17 bits per heavy atom. The van der Waals surface area contributed by atoms with Gasteiger partial charge in [0.2, 0.25) is 5.89 Å². The van der Waals surface area contributed by atoms with Crippen LogP contribution in [0.25, 0.3) is 0 Å². The molecule has 1 aliphatic heterocycles. The number of benzene rings is 1. The summed E-state index contributed by atoms with van der Waals surface area (Å²) in [6.07, 6.45) is 8.83. The van der Waals surface area contributed by atoms with Crippen LogP contribution in [0.2, 0.25) is 0 Å². The van der Waals surface area contributed by atoms with Crippen LogP contribution in [0.1, 0.15) is 47.5 Å². The summed E-state index contributed by atoms with van der Waals surface area (Å²) in [6, 6.07) is 7.91. The summed E-state index contributed by atoms with van der Waals surface area (Å²) in [6.45, 7) is 3.34. The van der Waals surface area contributed by atoms with Gasteiger partial charge < -0.3 is 14.1 Å². The van der Waals surface area contributed by atoms with Gasteiger partial charge in [-0.15, -0.1) is 0 Å². The highest BCUT2D eigenvalue weighted by molar-refractivity contribution is 5.92. The third-order valence-corrected chi connectivity index (χ3v) is 5.35. The first kappa shape index (κ1) is 19.1. The van der Waals surface area contributed by atoms with Gasteiger partial charge in [0.1, 0.15) is 17.2 Å². The van der Waals surface area contributed by atoms with E-state index in [1.165, 1.54) is 12.4 Å². The average Bonchev–Trinajstić information content (AvgIpc) is 3.23. The molecule has 1 aliphatic rings. The number of carbonyl (C=O) groups is 1. The first-order valence-electron chi connectivity index (χ1n) is 9.71. The van der Waals surface area contributed by atoms with E-state index in [-0.39, 0.29) is 11.3 Å². The minimum atomic E-state index is -0.331. The number of likely N-dealkylation sites (tertiary alicyclic amines) is 1. The van der Waals surface area contributed by atoms with Crippen LogP contribution in [0, 0.1) is 0 Å². The molecule has 0 N–H and O–H groups in total. The van der Waals surface area contributed by atoms with Crippen molar-refractivity contribution >= 4 is 5.91 Å². The van der Waals surface area contributed by atoms with E-state index in [1.54, 1.807) is 19.5 Å². The van der Waals surface area contributed by atoms with Crippen LogP contribution >= 0.6 is 0 Å². The minimum absolute atomic E-state index is 0.104.